The van der Waals surface area contributed by atoms with Crippen LogP contribution in [0.1, 0.15) is 51.5 Å². The molecule has 2 aliphatic heterocycles. The molecule has 1 aliphatic carbocycles. The van der Waals surface area contributed by atoms with Gasteiger partial charge >= 0.3 is 0 Å². The van der Waals surface area contributed by atoms with Gasteiger partial charge in [-0.25, -0.2) is 4.98 Å². The number of fused-ring (bicyclic) bond motifs is 1. The molecule has 3 aliphatic rings. The lowest BCUT2D eigenvalue weighted by molar-refractivity contribution is -0.141. The molecule has 2 saturated heterocycles. The maximum absolute atomic E-state index is 13.3. The zero-order valence-electron chi connectivity index (χ0n) is 18.5. The van der Waals surface area contributed by atoms with E-state index in [1.807, 2.05) is 9.80 Å². The number of para-hydroxylation sites is 2. The first-order valence-corrected chi connectivity index (χ1v) is 11.9. The lowest BCUT2D eigenvalue weighted by atomic mass is 9.96. The molecule has 1 unspecified atom stereocenters. The quantitative estimate of drug-likeness (QED) is 0.761. The number of benzene rings is 1. The van der Waals surface area contributed by atoms with E-state index in [0.29, 0.717) is 32.2 Å². The molecule has 166 valence electrons. The number of piperidine rings is 1. The molecule has 7 nitrogen and oxygen atoms in total. The van der Waals surface area contributed by atoms with E-state index in [9.17, 15) is 9.59 Å². The Morgan fingerprint density at radius 2 is 1.61 bits per heavy atom. The first kappa shape index (κ1) is 20.3. The van der Waals surface area contributed by atoms with Gasteiger partial charge in [-0.05, 0) is 37.8 Å². The average Bonchev–Trinajstić information content (AvgIpc) is 3.46. The molecule has 7 heteroatoms. The molecule has 1 atom stereocenters. The summed E-state index contributed by atoms with van der Waals surface area (Å²) in [7, 11) is 0. The van der Waals surface area contributed by atoms with Crippen molar-refractivity contribution < 1.29 is 9.59 Å². The predicted octanol–water partition coefficient (Wildman–Crippen LogP) is 3.06. The molecule has 2 aromatic rings. The Kier molecular flexibility index (Phi) is 5.59. The van der Waals surface area contributed by atoms with Gasteiger partial charge in [-0.15, -0.1) is 0 Å². The SMILES string of the molecule is CC(=O)N1CCN(C(=O)C2CCCN(c3nc4ccccc4n3C3CCCC3)C2)CC1. The number of hydrogen-bond donors (Lipinski definition) is 0. The summed E-state index contributed by atoms with van der Waals surface area (Å²) >= 11 is 0. The van der Waals surface area contributed by atoms with Crippen LogP contribution in [0.3, 0.4) is 0 Å². The zero-order chi connectivity index (χ0) is 21.4. The van der Waals surface area contributed by atoms with Gasteiger partial charge in [0.15, 0.2) is 0 Å². The van der Waals surface area contributed by atoms with E-state index in [4.69, 9.17) is 4.98 Å². The maximum Gasteiger partial charge on any atom is 0.227 e. The molecule has 3 heterocycles. The fourth-order valence-electron chi connectivity index (χ4n) is 5.64. The van der Waals surface area contributed by atoms with E-state index in [-0.39, 0.29) is 17.7 Å². The number of hydrogen-bond acceptors (Lipinski definition) is 4. The van der Waals surface area contributed by atoms with E-state index >= 15 is 0 Å². The van der Waals surface area contributed by atoms with Gasteiger partial charge in [-0.1, -0.05) is 25.0 Å². The van der Waals surface area contributed by atoms with Crippen molar-refractivity contribution in [1.82, 2.24) is 19.4 Å². The van der Waals surface area contributed by atoms with Crippen molar-refractivity contribution in [2.24, 2.45) is 5.92 Å². The van der Waals surface area contributed by atoms with Gasteiger partial charge in [0.25, 0.3) is 0 Å². The molecular formula is C24H33N5O2. The summed E-state index contributed by atoms with van der Waals surface area (Å²) in [6.45, 7) is 5.89. The van der Waals surface area contributed by atoms with Crippen molar-refractivity contribution >= 4 is 28.8 Å². The highest BCUT2D eigenvalue weighted by molar-refractivity contribution is 5.82. The Balaban J connectivity index is 1.35. The molecule has 31 heavy (non-hydrogen) atoms. The Morgan fingerprint density at radius 3 is 2.35 bits per heavy atom. The Labute approximate surface area is 184 Å². The molecule has 2 amide bonds. The summed E-state index contributed by atoms with van der Waals surface area (Å²) in [5.41, 5.74) is 2.27. The monoisotopic (exact) mass is 423 g/mol. The molecule has 0 spiro atoms. The highest BCUT2D eigenvalue weighted by Crippen LogP contribution is 2.37. The van der Waals surface area contributed by atoms with Crippen molar-refractivity contribution in [3.8, 4) is 0 Å². The molecule has 3 fully saturated rings. The number of nitrogens with zero attached hydrogens (tertiary/aromatic N) is 5. The average molecular weight is 424 g/mol. The van der Waals surface area contributed by atoms with E-state index in [2.05, 4.69) is 33.7 Å². The van der Waals surface area contributed by atoms with E-state index in [0.717, 1.165) is 37.4 Å². The first-order chi connectivity index (χ1) is 15.1. The Hall–Kier alpha value is -2.57. The van der Waals surface area contributed by atoms with Crippen molar-refractivity contribution in [2.45, 2.75) is 51.5 Å². The van der Waals surface area contributed by atoms with Crippen molar-refractivity contribution in [1.29, 1.82) is 0 Å². The van der Waals surface area contributed by atoms with Crippen LogP contribution in [-0.2, 0) is 9.59 Å². The van der Waals surface area contributed by atoms with Gasteiger partial charge in [0.05, 0.1) is 17.0 Å². The number of carbonyl (C=O) groups is 2. The number of anilines is 1. The van der Waals surface area contributed by atoms with Crippen LogP contribution in [-0.4, -0.2) is 70.4 Å². The van der Waals surface area contributed by atoms with E-state index < -0.39 is 0 Å². The zero-order valence-corrected chi connectivity index (χ0v) is 18.5. The smallest absolute Gasteiger partial charge is 0.227 e. The number of rotatable bonds is 3. The fraction of sp³-hybridized carbons (Fsp3) is 0.625. The van der Waals surface area contributed by atoms with E-state index in [1.54, 1.807) is 6.92 Å². The molecule has 1 saturated carbocycles. The van der Waals surface area contributed by atoms with E-state index in [1.165, 1.54) is 31.2 Å². The topological polar surface area (TPSA) is 61.7 Å². The van der Waals surface area contributed by atoms with Gasteiger partial charge in [-0.2, -0.15) is 0 Å². The summed E-state index contributed by atoms with van der Waals surface area (Å²) in [5.74, 6) is 1.40. The van der Waals surface area contributed by atoms with Crippen LogP contribution >= 0.6 is 0 Å². The first-order valence-electron chi connectivity index (χ1n) is 11.9. The second-order valence-corrected chi connectivity index (χ2v) is 9.33. The number of amides is 2. The summed E-state index contributed by atoms with van der Waals surface area (Å²) in [6, 6.07) is 8.96. The number of carbonyl (C=O) groups excluding carboxylic acids is 2. The third-order valence-corrected chi connectivity index (χ3v) is 7.36. The maximum atomic E-state index is 13.3. The number of aromatic nitrogens is 2. The molecule has 5 rings (SSSR count). The van der Waals surface area contributed by atoms with Crippen LogP contribution in [0.2, 0.25) is 0 Å². The van der Waals surface area contributed by atoms with Crippen LogP contribution in [0, 0.1) is 5.92 Å². The Bertz CT molecular complexity index is 956. The highest BCUT2D eigenvalue weighted by atomic mass is 16.2. The third-order valence-electron chi connectivity index (χ3n) is 7.36. The standard InChI is InChI=1S/C24H33N5O2/c1-18(30)26-13-15-27(16-14-26)23(31)19-7-6-12-28(17-19)24-25-21-10-4-5-11-22(21)29(24)20-8-2-3-9-20/h4-5,10-11,19-20H,2-3,6-9,12-17H2,1H3. The minimum absolute atomic E-state index is 0.00877. The van der Waals surface area contributed by atoms with Gasteiger partial charge in [-0.3, -0.25) is 9.59 Å². The minimum atomic E-state index is 0.00877. The summed E-state index contributed by atoms with van der Waals surface area (Å²) < 4.78 is 2.46. The van der Waals surface area contributed by atoms with Gasteiger partial charge in [0.1, 0.15) is 0 Å². The van der Waals surface area contributed by atoms with Crippen molar-refractivity contribution in [3.63, 3.8) is 0 Å². The van der Waals surface area contributed by atoms with Crippen LogP contribution in [0.4, 0.5) is 5.95 Å². The van der Waals surface area contributed by atoms with Crippen LogP contribution in [0.25, 0.3) is 11.0 Å². The van der Waals surface area contributed by atoms with Crippen LogP contribution < -0.4 is 4.90 Å². The molecule has 0 radical (unpaired) electrons. The number of imidazole rings is 1. The Morgan fingerprint density at radius 1 is 0.903 bits per heavy atom. The second-order valence-electron chi connectivity index (χ2n) is 9.33. The summed E-state index contributed by atoms with van der Waals surface area (Å²) in [6.07, 6.45) is 6.94. The summed E-state index contributed by atoms with van der Waals surface area (Å²) in [4.78, 5) is 36.1. The second kappa shape index (κ2) is 8.52. The van der Waals surface area contributed by atoms with Gasteiger partial charge in [0, 0.05) is 52.2 Å². The van der Waals surface area contributed by atoms with Gasteiger partial charge in [0.2, 0.25) is 17.8 Å². The molecule has 0 N–H and O–H groups in total. The van der Waals surface area contributed by atoms with Crippen LogP contribution in [0.15, 0.2) is 24.3 Å². The largest absolute Gasteiger partial charge is 0.341 e. The van der Waals surface area contributed by atoms with Crippen molar-refractivity contribution in [2.75, 3.05) is 44.2 Å². The molecular weight excluding hydrogens is 390 g/mol. The highest BCUT2D eigenvalue weighted by Gasteiger charge is 2.34. The molecule has 0 bridgehead atoms. The minimum Gasteiger partial charge on any atom is -0.341 e. The predicted molar refractivity (Wildman–Crippen MR) is 121 cm³/mol. The van der Waals surface area contributed by atoms with Crippen LogP contribution in [0.5, 0.6) is 0 Å². The lowest BCUT2D eigenvalue weighted by Gasteiger charge is -2.39. The summed E-state index contributed by atoms with van der Waals surface area (Å²) in [5, 5.41) is 0. The molecule has 1 aromatic carbocycles. The lowest BCUT2D eigenvalue weighted by Crippen LogP contribution is -2.53. The molecule has 1 aromatic heterocycles. The normalized spacial score (nSPS) is 23.0. The third kappa shape index (κ3) is 3.90. The van der Waals surface area contributed by atoms with Gasteiger partial charge < -0.3 is 19.3 Å². The number of piperazine rings is 1. The fourth-order valence-corrected chi connectivity index (χ4v) is 5.64. The van der Waals surface area contributed by atoms with Crippen molar-refractivity contribution in [3.05, 3.63) is 24.3 Å².